The van der Waals surface area contributed by atoms with Crippen molar-refractivity contribution in [1.82, 2.24) is 10.4 Å². The summed E-state index contributed by atoms with van der Waals surface area (Å²) in [5.74, 6) is 5.69. The van der Waals surface area contributed by atoms with E-state index in [9.17, 15) is 0 Å². The average molecular weight is 205 g/mol. The zero-order valence-electron chi connectivity index (χ0n) is 9.24. The summed E-state index contributed by atoms with van der Waals surface area (Å²) in [5, 5.41) is 0. The van der Waals surface area contributed by atoms with Gasteiger partial charge in [-0.05, 0) is 29.9 Å². The Hall–Kier alpha value is -0.930. The first kappa shape index (κ1) is 10.6. The summed E-state index contributed by atoms with van der Waals surface area (Å²) in [4.78, 5) is 4.16. The van der Waals surface area contributed by atoms with Gasteiger partial charge in [0.15, 0.2) is 0 Å². The number of hydrazine groups is 1. The molecule has 1 aromatic rings. The molecular formula is C12H19N3. The Balaban J connectivity index is 2.24. The largest absolute Gasteiger partial charge is 0.271 e. The molecule has 3 N–H and O–H groups in total. The van der Waals surface area contributed by atoms with Gasteiger partial charge in [0, 0.05) is 12.4 Å². The number of rotatable bonds is 3. The van der Waals surface area contributed by atoms with E-state index in [1.807, 2.05) is 12.3 Å². The van der Waals surface area contributed by atoms with Crippen LogP contribution in [0.1, 0.15) is 44.2 Å². The Kier molecular flexibility index (Phi) is 3.03. The first-order valence-electron chi connectivity index (χ1n) is 5.62. The van der Waals surface area contributed by atoms with Gasteiger partial charge >= 0.3 is 0 Å². The van der Waals surface area contributed by atoms with Crippen LogP contribution in [-0.4, -0.2) is 4.98 Å². The SMILES string of the molecule is CC1(C(NN)c2cccnc2)CCCC1. The monoisotopic (exact) mass is 205 g/mol. The Bertz CT molecular complexity index is 304. The van der Waals surface area contributed by atoms with Crippen molar-refractivity contribution in [2.75, 3.05) is 0 Å². The van der Waals surface area contributed by atoms with Gasteiger partial charge in [-0.15, -0.1) is 0 Å². The van der Waals surface area contributed by atoms with E-state index in [2.05, 4.69) is 23.4 Å². The minimum absolute atomic E-state index is 0.230. The fraction of sp³-hybridized carbons (Fsp3) is 0.583. The molecule has 0 radical (unpaired) electrons. The summed E-state index contributed by atoms with van der Waals surface area (Å²) in [5.41, 5.74) is 4.45. The second-order valence-electron chi connectivity index (χ2n) is 4.75. The molecule has 0 aliphatic heterocycles. The highest BCUT2D eigenvalue weighted by Crippen LogP contribution is 2.46. The van der Waals surface area contributed by atoms with Crippen LogP contribution in [0.2, 0.25) is 0 Å². The van der Waals surface area contributed by atoms with Gasteiger partial charge in [-0.25, -0.2) is 0 Å². The van der Waals surface area contributed by atoms with Gasteiger partial charge < -0.3 is 0 Å². The van der Waals surface area contributed by atoms with E-state index >= 15 is 0 Å². The summed E-state index contributed by atoms with van der Waals surface area (Å²) in [6, 6.07) is 4.30. The number of nitrogens with one attached hydrogen (secondary N) is 1. The van der Waals surface area contributed by atoms with E-state index in [-0.39, 0.29) is 11.5 Å². The first-order chi connectivity index (χ1) is 7.26. The first-order valence-corrected chi connectivity index (χ1v) is 5.62. The molecule has 1 fully saturated rings. The molecule has 1 saturated carbocycles. The maximum atomic E-state index is 5.69. The zero-order valence-corrected chi connectivity index (χ0v) is 9.24. The highest BCUT2D eigenvalue weighted by molar-refractivity contribution is 5.17. The molecule has 1 atom stereocenters. The van der Waals surface area contributed by atoms with Crippen LogP contribution in [0.5, 0.6) is 0 Å². The fourth-order valence-corrected chi connectivity index (χ4v) is 2.72. The van der Waals surface area contributed by atoms with Crippen molar-refractivity contribution >= 4 is 0 Å². The van der Waals surface area contributed by atoms with Crippen molar-refractivity contribution in [2.45, 2.75) is 38.6 Å². The lowest BCUT2D eigenvalue weighted by atomic mass is 9.78. The molecule has 0 saturated heterocycles. The van der Waals surface area contributed by atoms with E-state index in [4.69, 9.17) is 5.84 Å². The molecule has 0 bridgehead atoms. The van der Waals surface area contributed by atoms with Gasteiger partial charge in [0.1, 0.15) is 0 Å². The molecule has 3 nitrogen and oxygen atoms in total. The molecule has 1 aliphatic rings. The number of nitrogens with two attached hydrogens (primary N) is 1. The normalized spacial score (nSPS) is 21.5. The Morgan fingerprint density at radius 1 is 1.47 bits per heavy atom. The fourth-order valence-electron chi connectivity index (χ4n) is 2.72. The van der Waals surface area contributed by atoms with E-state index < -0.39 is 0 Å². The smallest absolute Gasteiger partial charge is 0.0528 e. The number of nitrogens with zero attached hydrogens (tertiary/aromatic N) is 1. The molecule has 1 unspecified atom stereocenters. The number of hydrogen-bond donors (Lipinski definition) is 2. The van der Waals surface area contributed by atoms with Crippen molar-refractivity contribution in [2.24, 2.45) is 11.3 Å². The quantitative estimate of drug-likeness (QED) is 0.587. The van der Waals surface area contributed by atoms with E-state index in [0.29, 0.717) is 0 Å². The van der Waals surface area contributed by atoms with Crippen LogP contribution >= 0.6 is 0 Å². The summed E-state index contributed by atoms with van der Waals surface area (Å²) in [7, 11) is 0. The number of pyridine rings is 1. The summed E-state index contributed by atoms with van der Waals surface area (Å²) in [6.07, 6.45) is 8.83. The summed E-state index contributed by atoms with van der Waals surface area (Å²) < 4.78 is 0. The van der Waals surface area contributed by atoms with Gasteiger partial charge in [0.25, 0.3) is 0 Å². The lowest BCUT2D eigenvalue weighted by Crippen LogP contribution is -2.38. The zero-order chi connectivity index (χ0) is 10.7. The minimum Gasteiger partial charge on any atom is -0.271 e. The molecule has 82 valence electrons. The molecule has 3 heteroatoms. The van der Waals surface area contributed by atoms with Crippen molar-refractivity contribution in [3.05, 3.63) is 30.1 Å². The third kappa shape index (κ3) is 2.03. The third-order valence-corrected chi connectivity index (χ3v) is 3.63. The van der Waals surface area contributed by atoms with Crippen molar-refractivity contribution in [3.63, 3.8) is 0 Å². The van der Waals surface area contributed by atoms with Crippen molar-refractivity contribution < 1.29 is 0 Å². The van der Waals surface area contributed by atoms with E-state index in [1.165, 1.54) is 31.2 Å². The van der Waals surface area contributed by atoms with Crippen LogP contribution < -0.4 is 11.3 Å². The minimum atomic E-state index is 0.230. The summed E-state index contributed by atoms with van der Waals surface area (Å²) >= 11 is 0. The Morgan fingerprint density at radius 2 is 2.20 bits per heavy atom. The molecule has 1 aliphatic carbocycles. The molecular weight excluding hydrogens is 186 g/mol. The maximum Gasteiger partial charge on any atom is 0.0528 e. The maximum absolute atomic E-state index is 5.69. The molecule has 15 heavy (non-hydrogen) atoms. The van der Waals surface area contributed by atoms with Crippen molar-refractivity contribution in [1.29, 1.82) is 0 Å². The molecule has 2 rings (SSSR count). The molecule has 1 heterocycles. The van der Waals surface area contributed by atoms with Crippen LogP contribution in [-0.2, 0) is 0 Å². The lowest BCUT2D eigenvalue weighted by molar-refractivity contribution is 0.224. The Morgan fingerprint density at radius 3 is 2.73 bits per heavy atom. The lowest BCUT2D eigenvalue weighted by Gasteiger charge is -2.33. The second-order valence-corrected chi connectivity index (χ2v) is 4.75. The number of hydrogen-bond acceptors (Lipinski definition) is 3. The predicted octanol–water partition coefficient (Wildman–Crippen LogP) is 2.17. The van der Waals surface area contributed by atoms with Crippen LogP contribution in [0, 0.1) is 5.41 Å². The average Bonchev–Trinajstić information content (AvgIpc) is 2.68. The van der Waals surface area contributed by atoms with Crippen molar-refractivity contribution in [3.8, 4) is 0 Å². The Labute approximate surface area is 91.1 Å². The van der Waals surface area contributed by atoms with Gasteiger partial charge in [-0.3, -0.25) is 16.3 Å². The number of aromatic nitrogens is 1. The van der Waals surface area contributed by atoms with Gasteiger partial charge in [0.05, 0.1) is 6.04 Å². The van der Waals surface area contributed by atoms with Gasteiger partial charge in [-0.1, -0.05) is 25.8 Å². The molecule has 0 spiro atoms. The second kappa shape index (κ2) is 4.29. The highest BCUT2D eigenvalue weighted by atomic mass is 15.2. The van der Waals surface area contributed by atoms with E-state index in [0.717, 1.165) is 0 Å². The van der Waals surface area contributed by atoms with E-state index in [1.54, 1.807) is 6.20 Å². The molecule has 0 aromatic carbocycles. The topological polar surface area (TPSA) is 50.9 Å². The molecule has 1 aromatic heterocycles. The highest BCUT2D eigenvalue weighted by Gasteiger charge is 2.37. The predicted molar refractivity (Wildman–Crippen MR) is 60.9 cm³/mol. The van der Waals surface area contributed by atoms with Crippen LogP contribution in [0.3, 0.4) is 0 Å². The van der Waals surface area contributed by atoms with Gasteiger partial charge in [-0.2, -0.15) is 0 Å². The van der Waals surface area contributed by atoms with Crippen LogP contribution in [0.25, 0.3) is 0 Å². The summed E-state index contributed by atoms with van der Waals surface area (Å²) in [6.45, 7) is 2.32. The third-order valence-electron chi connectivity index (χ3n) is 3.63. The molecule has 0 amide bonds. The van der Waals surface area contributed by atoms with Gasteiger partial charge in [0.2, 0.25) is 0 Å². The standard InChI is InChI=1S/C12H19N3/c1-12(6-2-3-7-12)11(15-13)10-5-4-8-14-9-10/h4-5,8-9,11,15H,2-3,6-7,13H2,1H3. The van der Waals surface area contributed by atoms with Crippen LogP contribution in [0.15, 0.2) is 24.5 Å². The van der Waals surface area contributed by atoms with Crippen LogP contribution in [0.4, 0.5) is 0 Å².